The zero-order valence-corrected chi connectivity index (χ0v) is 19.7. The predicted octanol–water partition coefficient (Wildman–Crippen LogP) is 2.62. The summed E-state index contributed by atoms with van der Waals surface area (Å²) in [7, 11) is 2.25. The largest absolute Gasteiger partial charge is 0.385 e. The van der Waals surface area contributed by atoms with Gasteiger partial charge in [0, 0.05) is 51.7 Å². The average Bonchev–Trinajstić information content (AvgIpc) is 3.41. The smallest absolute Gasteiger partial charge is 0.228 e. The van der Waals surface area contributed by atoms with Crippen LogP contribution in [0.1, 0.15) is 54.7 Å². The van der Waals surface area contributed by atoms with Crippen LogP contribution in [-0.4, -0.2) is 58.7 Å². The Hall–Kier alpha value is -1.71. The molecule has 9 heteroatoms. The van der Waals surface area contributed by atoms with Gasteiger partial charge in [0.25, 0.3) is 0 Å². The van der Waals surface area contributed by atoms with Crippen molar-refractivity contribution in [3.63, 3.8) is 0 Å². The van der Waals surface area contributed by atoms with E-state index < -0.39 is 9.84 Å². The Balaban J connectivity index is 1.83. The molecule has 0 saturated heterocycles. The van der Waals surface area contributed by atoms with Crippen LogP contribution in [0.2, 0.25) is 0 Å². The van der Waals surface area contributed by atoms with Crippen molar-refractivity contribution in [1.29, 1.82) is 0 Å². The summed E-state index contributed by atoms with van der Waals surface area (Å²) in [6.07, 6.45) is 5.91. The number of methoxy groups -OCH3 is 1. The van der Waals surface area contributed by atoms with E-state index in [1.54, 1.807) is 13.3 Å². The fourth-order valence-electron chi connectivity index (χ4n) is 4.35. The van der Waals surface area contributed by atoms with Crippen LogP contribution in [-0.2, 0) is 41.3 Å². The first kappa shape index (κ1) is 23.0. The van der Waals surface area contributed by atoms with Gasteiger partial charge in [-0.2, -0.15) is 5.10 Å². The minimum atomic E-state index is -3.41. The minimum Gasteiger partial charge on any atom is -0.385 e. The number of hydrogen-bond acceptors (Lipinski definition) is 6. The highest BCUT2D eigenvalue weighted by atomic mass is 32.2. The first-order valence-electron chi connectivity index (χ1n) is 10.7. The quantitative estimate of drug-likeness (QED) is 0.532. The van der Waals surface area contributed by atoms with E-state index in [1.165, 1.54) is 5.56 Å². The molecule has 8 nitrogen and oxygen atoms in total. The summed E-state index contributed by atoms with van der Waals surface area (Å²) in [5, 5.41) is 4.42. The van der Waals surface area contributed by atoms with Gasteiger partial charge >= 0.3 is 0 Å². The molecule has 2 aromatic rings. The number of aromatic nitrogens is 4. The Kier molecular flexibility index (Phi) is 7.36. The minimum absolute atomic E-state index is 0.225. The Morgan fingerprint density at radius 3 is 2.53 bits per heavy atom. The van der Waals surface area contributed by atoms with Crippen molar-refractivity contribution in [3.8, 4) is 0 Å². The zero-order valence-electron chi connectivity index (χ0n) is 18.9. The van der Waals surface area contributed by atoms with Gasteiger partial charge in [-0.1, -0.05) is 12.8 Å². The highest BCUT2D eigenvalue weighted by Gasteiger charge is 2.34. The molecule has 0 amide bonds. The molecule has 0 unspecified atom stereocenters. The maximum absolute atomic E-state index is 13.2. The van der Waals surface area contributed by atoms with Gasteiger partial charge in [-0.25, -0.2) is 13.4 Å². The molecule has 1 saturated carbocycles. The molecule has 2 aromatic heterocycles. The number of ether oxygens (including phenoxy) is 1. The van der Waals surface area contributed by atoms with Crippen molar-refractivity contribution >= 4 is 9.84 Å². The number of nitrogens with zero attached hydrogens (tertiary/aromatic N) is 5. The van der Waals surface area contributed by atoms with Crippen molar-refractivity contribution < 1.29 is 13.2 Å². The SMILES string of the molecule is COCCCn1c(CN(C)Cc2c(C)nn(C)c2C)cnc1S(=O)(=O)C1CCCC1. The van der Waals surface area contributed by atoms with Gasteiger partial charge in [-0.15, -0.1) is 0 Å². The lowest BCUT2D eigenvalue weighted by molar-refractivity contribution is 0.188. The van der Waals surface area contributed by atoms with E-state index in [0.29, 0.717) is 19.7 Å². The molecule has 168 valence electrons. The molecular formula is C21H35N5O3S. The van der Waals surface area contributed by atoms with E-state index in [4.69, 9.17) is 4.74 Å². The number of sulfone groups is 1. The molecule has 0 spiro atoms. The monoisotopic (exact) mass is 437 g/mol. The molecule has 1 aliphatic carbocycles. The number of hydrogen-bond donors (Lipinski definition) is 0. The van der Waals surface area contributed by atoms with Crippen LogP contribution in [0, 0.1) is 13.8 Å². The zero-order chi connectivity index (χ0) is 21.9. The van der Waals surface area contributed by atoms with Crippen molar-refractivity contribution in [2.75, 3.05) is 20.8 Å². The topological polar surface area (TPSA) is 82.2 Å². The maximum atomic E-state index is 13.2. The molecule has 3 rings (SSSR count). The summed E-state index contributed by atoms with van der Waals surface area (Å²) < 4.78 is 35.5. The van der Waals surface area contributed by atoms with E-state index in [-0.39, 0.29) is 10.4 Å². The average molecular weight is 438 g/mol. The summed E-state index contributed by atoms with van der Waals surface area (Å²) in [6, 6.07) is 0. The normalized spacial score (nSPS) is 15.5. The molecule has 30 heavy (non-hydrogen) atoms. The van der Waals surface area contributed by atoms with E-state index in [9.17, 15) is 8.42 Å². The standard InChI is InChI=1S/C21H35N5O3S/c1-16-20(17(2)25(4)23-16)15-24(3)14-18-13-22-21(26(18)11-8-12-29-5)30(27,28)19-9-6-7-10-19/h13,19H,6-12,14-15H2,1-5H3. The number of imidazole rings is 1. The second kappa shape index (κ2) is 9.62. The van der Waals surface area contributed by atoms with Gasteiger partial charge < -0.3 is 9.30 Å². The Labute approximate surface area is 180 Å². The van der Waals surface area contributed by atoms with Gasteiger partial charge in [0.1, 0.15) is 0 Å². The van der Waals surface area contributed by atoms with Crippen LogP contribution in [0.15, 0.2) is 11.4 Å². The lowest BCUT2D eigenvalue weighted by Crippen LogP contribution is -2.25. The predicted molar refractivity (Wildman–Crippen MR) is 116 cm³/mol. The molecule has 0 aliphatic heterocycles. The van der Waals surface area contributed by atoms with Crippen molar-refractivity contribution in [2.45, 2.75) is 76.0 Å². The highest BCUT2D eigenvalue weighted by molar-refractivity contribution is 7.91. The fourth-order valence-corrected chi connectivity index (χ4v) is 6.32. The Bertz CT molecular complexity index is 958. The number of rotatable bonds is 10. The van der Waals surface area contributed by atoms with Gasteiger partial charge in [-0.3, -0.25) is 9.58 Å². The third kappa shape index (κ3) is 4.78. The van der Waals surface area contributed by atoms with E-state index in [0.717, 1.165) is 55.7 Å². The molecule has 2 heterocycles. The second-order valence-corrected chi connectivity index (χ2v) is 10.5. The van der Waals surface area contributed by atoms with Crippen LogP contribution < -0.4 is 0 Å². The summed E-state index contributed by atoms with van der Waals surface area (Å²) in [4.78, 5) is 6.59. The van der Waals surface area contributed by atoms with E-state index in [1.807, 2.05) is 30.3 Å². The van der Waals surface area contributed by atoms with Crippen LogP contribution >= 0.6 is 0 Å². The van der Waals surface area contributed by atoms with Gasteiger partial charge in [0.2, 0.25) is 15.0 Å². The first-order chi connectivity index (χ1) is 14.3. The molecule has 0 bridgehead atoms. The summed E-state index contributed by atoms with van der Waals surface area (Å²) in [5.74, 6) is 0. The summed E-state index contributed by atoms with van der Waals surface area (Å²) in [5.41, 5.74) is 4.31. The Morgan fingerprint density at radius 1 is 1.23 bits per heavy atom. The van der Waals surface area contributed by atoms with E-state index >= 15 is 0 Å². The summed E-state index contributed by atoms with van der Waals surface area (Å²) in [6.45, 7) is 6.64. The molecule has 1 fully saturated rings. The molecule has 0 N–H and O–H groups in total. The van der Waals surface area contributed by atoms with Gasteiger partial charge in [-0.05, 0) is 40.2 Å². The van der Waals surface area contributed by atoms with Crippen molar-refractivity contribution in [3.05, 3.63) is 28.8 Å². The van der Waals surface area contributed by atoms with Crippen LogP contribution in [0.3, 0.4) is 0 Å². The third-order valence-corrected chi connectivity index (χ3v) is 8.33. The van der Waals surface area contributed by atoms with Gasteiger partial charge in [0.15, 0.2) is 0 Å². The highest BCUT2D eigenvalue weighted by Crippen LogP contribution is 2.30. The molecule has 0 atom stereocenters. The van der Waals surface area contributed by atoms with Crippen LogP contribution in [0.4, 0.5) is 0 Å². The second-order valence-electron chi connectivity index (χ2n) is 8.43. The lowest BCUT2D eigenvalue weighted by Gasteiger charge is -2.20. The maximum Gasteiger partial charge on any atom is 0.228 e. The van der Waals surface area contributed by atoms with E-state index in [2.05, 4.69) is 21.9 Å². The van der Waals surface area contributed by atoms with Gasteiger partial charge in [0.05, 0.1) is 22.8 Å². The summed E-state index contributed by atoms with van der Waals surface area (Å²) >= 11 is 0. The fraction of sp³-hybridized carbons (Fsp3) is 0.714. The Morgan fingerprint density at radius 2 is 1.93 bits per heavy atom. The molecule has 1 aliphatic rings. The van der Waals surface area contributed by atoms with Crippen molar-refractivity contribution in [2.24, 2.45) is 7.05 Å². The molecule has 0 radical (unpaired) electrons. The molecular weight excluding hydrogens is 402 g/mol. The van der Waals surface area contributed by atoms with Crippen LogP contribution in [0.5, 0.6) is 0 Å². The number of aryl methyl sites for hydroxylation is 2. The molecule has 0 aromatic carbocycles. The lowest BCUT2D eigenvalue weighted by atomic mass is 10.2. The third-order valence-electron chi connectivity index (χ3n) is 6.15. The van der Waals surface area contributed by atoms with Crippen LogP contribution in [0.25, 0.3) is 0 Å². The van der Waals surface area contributed by atoms with Crippen molar-refractivity contribution in [1.82, 2.24) is 24.2 Å². The first-order valence-corrected chi connectivity index (χ1v) is 12.2.